The van der Waals surface area contributed by atoms with Crippen molar-refractivity contribution in [2.45, 2.75) is 40.7 Å². The fraction of sp³-hybridized carbons (Fsp3) is 0.333. The van der Waals surface area contributed by atoms with E-state index in [4.69, 9.17) is 4.74 Å². The zero-order valence-electron chi connectivity index (χ0n) is 18.3. The van der Waals surface area contributed by atoms with E-state index in [0.717, 1.165) is 29.1 Å². The van der Waals surface area contributed by atoms with Crippen LogP contribution in [0, 0.1) is 31.1 Å². The van der Waals surface area contributed by atoms with Crippen LogP contribution in [0.5, 0.6) is 0 Å². The Labute approximate surface area is 182 Å². The quantitative estimate of drug-likeness (QED) is 0.401. The molecule has 31 heavy (non-hydrogen) atoms. The second kappa shape index (κ2) is 10.9. The van der Waals surface area contributed by atoms with E-state index in [1.807, 2.05) is 32.0 Å². The van der Waals surface area contributed by atoms with Gasteiger partial charge in [-0.3, -0.25) is 14.9 Å². The number of nitriles is 1. The van der Waals surface area contributed by atoms with Crippen molar-refractivity contribution >= 4 is 23.9 Å². The van der Waals surface area contributed by atoms with Gasteiger partial charge in [0, 0.05) is 17.9 Å². The largest absolute Gasteiger partial charge is 0.451 e. The van der Waals surface area contributed by atoms with E-state index in [1.54, 1.807) is 24.3 Å². The molecule has 2 rings (SSSR count). The van der Waals surface area contributed by atoms with E-state index in [0.29, 0.717) is 5.92 Å². The Balaban J connectivity index is 1.96. The summed E-state index contributed by atoms with van der Waals surface area (Å²) >= 11 is 0. The first-order chi connectivity index (χ1) is 14.7. The Morgan fingerprint density at radius 3 is 2.45 bits per heavy atom. The van der Waals surface area contributed by atoms with E-state index < -0.39 is 24.4 Å². The summed E-state index contributed by atoms with van der Waals surface area (Å²) in [6.07, 6.45) is 1.50. The van der Waals surface area contributed by atoms with Crippen molar-refractivity contribution in [2.24, 2.45) is 5.92 Å². The molecule has 0 fully saturated rings. The predicted octanol–water partition coefficient (Wildman–Crippen LogP) is 3.10. The molecule has 2 aromatic rings. The maximum Gasteiger partial charge on any atom is 0.349 e. The van der Waals surface area contributed by atoms with E-state index >= 15 is 0 Å². The molecule has 7 heteroatoms. The van der Waals surface area contributed by atoms with Gasteiger partial charge in [0.25, 0.3) is 5.91 Å². The number of benzene rings is 1. The van der Waals surface area contributed by atoms with Crippen LogP contribution >= 0.6 is 0 Å². The number of nitrogens with one attached hydrogen (secondary N) is 1. The Kier molecular flexibility index (Phi) is 8.33. The summed E-state index contributed by atoms with van der Waals surface area (Å²) in [4.78, 5) is 36.1. The second-order valence-electron chi connectivity index (χ2n) is 7.71. The van der Waals surface area contributed by atoms with Crippen LogP contribution in [-0.2, 0) is 32.1 Å². The number of esters is 1. The predicted molar refractivity (Wildman–Crippen MR) is 117 cm³/mol. The van der Waals surface area contributed by atoms with Gasteiger partial charge in [0.15, 0.2) is 6.61 Å². The smallest absolute Gasteiger partial charge is 0.349 e. The van der Waals surface area contributed by atoms with Crippen LogP contribution in [0.15, 0.2) is 42.0 Å². The maximum atomic E-state index is 12.3. The number of nitrogens with zero attached hydrogens (tertiary/aromatic N) is 2. The zero-order chi connectivity index (χ0) is 23.0. The number of hydrogen-bond donors (Lipinski definition) is 1. The number of aromatic nitrogens is 1. The van der Waals surface area contributed by atoms with Gasteiger partial charge in [-0.05, 0) is 43.0 Å². The van der Waals surface area contributed by atoms with Gasteiger partial charge in [0.2, 0.25) is 5.91 Å². The highest BCUT2D eigenvalue weighted by Gasteiger charge is 2.17. The monoisotopic (exact) mass is 421 g/mol. The van der Waals surface area contributed by atoms with E-state index in [-0.39, 0.29) is 12.0 Å². The number of hydrogen-bond acceptors (Lipinski definition) is 5. The summed E-state index contributed by atoms with van der Waals surface area (Å²) in [5, 5.41) is 11.5. The molecule has 1 N–H and O–H groups in total. The van der Waals surface area contributed by atoms with Crippen molar-refractivity contribution < 1.29 is 19.1 Å². The Hall–Kier alpha value is -3.66. The normalized spacial score (nSPS) is 11.2. The lowest BCUT2D eigenvalue weighted by Gasteiger charge is -2.12. The van der Waals surface area contributed by atoms with Gasteiger partial charge in [0.05, 0.1) is 6.42 Å². The van der Waals surface area contributed by atoms with Gasteiger partial charge in [-0.25, -0.2) is 4.79 Å². The second-order valence-corrected chi connectivity index (χ2v) is 7.71. The Morgan fingerprint density at radius 2 is 1.84 bits per heavy atom. The zero-order valence-corrected chi connectivity index (χ0v) is 18.3. The molecule has 7 nitrogen and oxygen atoms in total. The standard InChI is InChI=1S/C24H27N3O4/c1-16(2)14-27-17(3)10-20(18(27)4)12-21(13-25)24(30)31-15-23(29)26-22(28)11-19-8-6-5-7-9-19/h5-10,12,16H,11,14-15H2,1-4H3,(H,26,28,29)/b21-12-. The van der Waals surface area contributed by atoms with Crippen LogP contribution in [0.25, 0.3) is 6.08 Å². The molecule has 0 spiro atoms. The minimum Gasteiger partial charge on any atom is -0.451 e. The molecule has 1 heterocycles. The molecule has 0 aliphatic heterocycles. The lowest BCUT2D eigenvalue weighted by molar-refractivity contribution is -0.145. The van der Waals surface area contributed by atoms with Crippen LogP contribution in [-0.4, -0.2) is 29.0 Å². The van der Waals surface area contributed by atoms with E-state index in [2.05, 4.69) is 23.7 Å². The highest BCUT2D eigenvalue weighted by molar-refractivity contribution is 6.01. The first kappa shape index (κ1) is 23.6. The average molecular weight is 421 g/mol. The number of amides is 2. The number of imide groups is 1. The number of carbonyl (C=O) groups is 3. The van der Waals surface area contributed by atoms with Gasteiger partial charge in [-0.1, -0.05) is 44.2 Å². The minimum atomic E-state index is -0.915. The fourth-order valence-corrected chi connectivity index (χ4v) is 3.14. The number of aryl methyl sites for hydroxylation is 1. The molecule has 0 aliphatic rings. The van der Waals surface area contributed by atoms with Crippen LogP contribution in [0.2, 0.25) is 0 Å². The number of rotatable bonds is 8. The molecule has 0 atom stereocenters. The van der Waals surface area contributed by atoms with Gasteiger partial charge in [-0.15, -0.1) is 0 Å². The third-order valence-electron chi connectivity index (χ3n) is 4.62. The van der Waals surface area contributed by atoms with Crippen LogP contribution < -0.4 is 5.32 Å². The maximum absolute atomic E-state index is 12.3. The van der Waals surface area contributed by atoms with E-state index in [1.165, 1.54) is 6.08 Å². The van der Waals surface area contributed by atoms with Crippen LogP contribution in [0.3, 0.4) is 0 Å². The average Bonchev–Trinajstić information content (AvgIpc) is 2.97. The van der Waals surface area contributed by atoms with Crippen molar-refractivity contribution in [3.63, 3.8) is 0 Å². The Morgan fingerprint density at radius 1 is 1.16 bits per heavy atom. The molecule has 0 unspecified atom stereocenters. The highest BCUT2D eigenvalue weighted by Crippen LogP contribution is 2.20. The molecule has 0 aliphatic carbocycles. The molecule has 0 saturated carbocycles. The molecule has 0 saturated heterocycles. The molecular weight excluding hydrogens is 394 g/mol. The summed E-state index contributed by atoms with van der Waals surface area (Å²) in [6, 6.07) is 12.7. The molecule has 0 bridgehead atoms. The third kappa shape index (κ3) is 6.96. The lowest BCUT2D eigenvalue weighted by atomic mass is 10.1. The molecule has 1 aromatic heterocycles. The topological polar surface area (TPSA) is 101 Å². The van der Waals surface area contributed by atoms with Crippen LogP contribution in [0.1, 0.15) is 36.4 Å². The van der Waals surface area contributed by atoms with Crippen LogP contribution in [0.4, 0.5) is 0 Å². The molecule has 2 amide bonds. The minimum absolute atomic E-state index is 0.0376. The van der Waals surface area contributed by atoms with Crippen molar-refractivity contribution in [3.8, 4) is 6.07 Å². The van der Waals surface area contributed by atoms with Gasteiger partial charge < -0.3 is 9.30 Å². The SMILES string of the molecule is Cc1cc(/C=C(/C#N)C(=O)OCC(=O)NC(=O)Cc2ccccc2)c(C)n1CC(C)C. The van der Waals surface area contributed by atoms with Crippen molar-refractivity contribution in [3.05, 3.63) is 64.5 Å². The summed E-state index contributed by atoms with van der Waals surface area (Å²) in [7, 11) is 0. The molecule has 1 aromatic carbocycles. The summed E-state index contributed by atoms with van der Waals surface area (Å²) in [5.74, 6) is -1.71. The fourth-order valence-electron chi connectivity index (χ4n) is 3.14. The third-order valence-corrected chi connectivity index (χ3v) is 4.62. The van der Waals surface area contributed by atoms with Gasteiger partial charge in [0.1, 0.15) is 11.6 Å². The van der Waals surface area contributed by atoms with E-state index in [9.17, 15) is 19.6 Å². The number of ether oxygens (including phenoxy) is 1. The summed E-state index contributed by atoms with van der Waals surface area (Å²) < 4.78 is 7.05. The van der Waals surface area contributed by atoms with Gasteiger partial charge in [-0.2, -0.15) is 5.26 Å². The highest BCUT2D eigenvalue weighted by atomic mass is 16.5. The molecule has 0 radical (unpaired) electrons. The summed E-state index contributed by atoms with van der Waals surface area (Å²) in [6.45, 7) is 8.30. The van der Waals surface area contributed by atoms with Crippen molar-refractivity contribution in [1.29, 1.82) is 5.26 Å². The van der Waals surface area contributed by atoms with Crippen molar-refractivity contribution in [2.75, 3.05) is 6.61 Å². The van der Waals surface area contributed by atoms with Gasteiger partial charge >= 0.3 is 5.97 Å². The molecular formula is C24H27N3O4. The first-order valence-corrected chi connectivity index (χ1v) is 10.0. The Bertz CT molecular complexity index is 1030. The summed E-state index contributed by atoms with van der Waals surface area (Å²) in [5.41, 5.74) is 3.26. The molecule has 162 valence electrons. The lowest BCUT2D eigenvalue weighted by Crippen LogP contribution is -2.35. The number of carbonyl (C=O) groups excluding carboxylic acids is 3. The van der Waals surface area contributed by atoms with Crippen molar-refractivity contribution in [1.82, 2.24) is 9.88 Å². The first-order valence-electron chi connectivity index (χ1n) is 10.0.